The van der Waals surface area contributed by atoms with Crippen LogP contribution in [0.4, 0.5) is 0 Å². The van der Waals surface area contributed by atoms with Gasteiger partial charge in [-0.15, -0.1) is 0 Å². The van der Waals surface area contributed by atoms with Crippen LogP contribution in [0.15, 0.2) is 21.7 Å². The first-order valence-electron chi connectivity index (χ1n) is 3.20. The molecule has 58 valence electrons. The first-order valence-corrected chi connectivity index (χ1v) is 3.99. The number of hydrogen-bond acceptors (Lipinski definition) is 3. The zero-order valence-corrected chi connectivity index (χ0v) is 7.30. The summed E-state index contributed by atoms with van der Waals surface area (Å²) in [5.41, 5.74) is 9.58. The second-order valence-electron chi connectivity index (χ2n) is 2.24. The molecule has 1 aromatic rings. The van der Waals surface area contributed by atoms with E-state index in [1.54, 1.807) is 0 Å². The van der Waals surface area contributed by atoms with Crippen LogP contribution in [-0.2, 0) is 0 Å². The molecule has 0 unspecified atom stereocenters. The second-order valence-corrected chi connectivity index (χ2v) is 3.10. The smallest absolute Gasteiger partial charge is 0.147 e. The lowest BCUT2D eigenvalue weighted by atomic mass is 10.4. The van der Waals surface area contributed by atoms with Gasteiger partial charge in [0.2, 0.25) is 0 Å². The van der Waals surface area contributed by atoms with Gasteiger partial charge in [-0.3, -0.25) is 4.68 Å². The van der Waals surface area contributed by atoms with E-state index in [4.69, 9.17) is 5.73 Å². The highest BCUT2D eigenvalue weighted by molar-refractivity contribution is 9.10. The van der Waals surface area contributed by atoms with E-state index in [-0.39, 0.29) is 0 Å². The SMILES string of the molecule is NC1=NCNn2ccc(Br)c21. The van der Waals surface area contributed by atoms with Crippen LogP contribution in [-0.4, -0.2) is 17.2 Å². The molecule has 5 heteroatoms. The largest absolute Gasteiger partial charge is 0.382 e. The fraction of sp³-hybridized carbons (Fsp3) is 0.167. The Morgan fingerprint density at radius 3 is 3.27 bits per heavy atom. The third kappa shape index (κ3) is 0.920. The molecule has 1 aromatic heterocycles. The van der Waals surface area contributed by atoms with E-state index in [0.29, 0.717) is 12.5 Å². The van der Waals surface area contributed by atoms with Crippen molar-refractivity contribution in [2.45, 2.75) is 0 Å². The topological polar surface area (TPSA) is 55.3 Å². The fourth-order valence-corrected chi connectivity index (χ4v) is 1.57. The molecule has 4 nitrogen and oxygen atoms in total. The minimum Gasteiger partial charge on any atom is -0.382 e. The summed E-state index contributed by atoms with van der Waals surface area (Å²) in [7, 11) is 0. The molecule has 0 saturated heterocycles. The number of hydrogen-bond donors (Lipinski definition) is 2. The molecule has 0 atom stereocenters. The average Bonchev–Trinajstić information content (AvgIpc) is 2.34. The predicted octanol–water partition coefficient (Wildman–Crippen LogP) is 0.471. The number of fused-ring (bicyclic) bond motifs is 1. The quantitative estimate of drug-likeness (QED) is 0.660. The molecule has 2 rings (SSSR count). The maximum absolute atomic E-state index is 5.65. The lowest BCUT2D eigenvalue weighted by Gasteiger charge is -2.15. The molecule has 0 fully saturated rings. The van der Waals surface area contributed by atoms with Crippen LogP contribution in [0.3, 0.4) is 0 Å². The van der Waals surface area contributed by atoms with Gasteiger partial charge in [0.05, 0.1) is 0 Å². The van der Waals surface area contributed by atoms with Crippen molar-refractivity contribution in [3.05, 3.63) is 22.4 Å². The number of aliphatic imine (C=N–C) groups is 1. The third-order valence-electron chi connectivity index (χ3n) is 1.57. The summed E-state index contributed by atoms with van der Waals surface area (Å²) in [6.45, 7) is 0.542. The van der Waals surface area contributed by atoms with Gasteiger partial charge in [-0.05, 0) is 22.0 Å². The van der Waals surface area contributed by atoms with E-state index in [9.17, 15) is 0 Å². The number of halogens is 1. The number of nitrogens with two attached hydrogens (primary N) is 1. The Morgan fingerprint density at radius 1 is 1.73 bits per heavy atom. The normalized spacial score (nSPS) is 15.2. The van der Waals surface area contributed by atoms with Gasteiger partial charge in [-0.25, -0.2) is 4.99 Å². The second kappa shape index (κ2) is 2.27. The monoisotopic (exact) mass is 214 g/mol. The molecular formula is C6H7BrN4. The Hall–Kier alpha value is -0.970. The highest BCUT2D eigenvalue weighted by Gasteiger charge is 2.13. The third-order valence-corrected chi connectivity index (χ3v) is 2.21. The lowest BCUT2D eigenvalue weighted by Crippen LogP contribution is -2.30. The molecule has 0 spiro atoms. The van der Waals surface area contributed by atoms with Gasteiger partial charge in [0.15, 0.2) is 0 Å². The van der Waals surface area contributed by atoms with E-state index in [0.717, 1.165) is 10.2 Å². The average molecular weight is 215 g/mol. The first kappa shape index (κ1) is 6.72. The molecule has 0 aliphatic carbocycles. The Labute approximate surface area is 72.2 Å². The summed E-state index contributed by atoms with van der Waals surface area (Å²) in [4.78, 5) is 4.04. The molecule has 2 heterocycles. The van der Waals surface area contributed by atoms with Crippen molar-refractivity contribution in [1.29, 1.82) is 0 Å². The van der Waals surface area contributed by atoms with E-state index in [2.05, 4.69) is 26.3 Å². The van der Waals surface area contributed by atoms with Crippen molar-refractivity contribution >= 4 is 21.8 Å². The Balaban J connectivity index is 2.61. The number of nitrogens with zero attached hydrogens (tertiary/aromatic N) is 2. The van der Waals surface area contributed by atoms with Crippen molar-refractivity contribution in [3.8, 4) is 0 Å². The van der Waals surface area contributed by atoms with Crippen LogP contribution >= 0.6 is 15.9 Å². The predicted molar refractivity (Wildman–Crippen MR) is 47.1 cm³/mol. The van der Waals surface area contributed by atoms with Crippen LogP contribution in [0.2, 0.25) is 0 Å². The van der Waals surface area contributed by atoms with Crippen LogP contribution in [0, 0.1) is 0 Å². The number of rotatable bonds is 0. The molecular weight excluding hydrogens is 208 g/mol. The van der Waals surface area contributed by atoms with Crippen molar-refractivity contribution in [3.63, 3.8) is 0 Å². The van der Waals surface area contributed by atoms with Gasteiger partial charge in [0.1, 0.15) is 18.2 Å². The van der Waals surface area contributed by atoms with Gasteiger partial charge in [-0.2, -0.15) is 0 Å². The first-order chi connectivity index (χ1) is 5.29. The molecule has 11 heavy (non-hydrogen) atoms. The highest BCUT2D eigenvalue weighted by Crippen LogP contribution is 2.17. The van der Waals surface area contributed by atoms with Crippen LogP contribution < -0.4 is 11.2 Å². The zero-order chi connectivity index (χ0) is 7.84. The van der Waals surface area contributed by atoms with Gasteiger partial charge >= 0.3 is 0 Å². The van der Waals surface area contributed by atoms with Crippen LogP contribution in [0.1, 0.15) is 5.69 Å². The summed E-state index contributed by atoms with van der Waals surface area (Å²) in [5, 5.41) is 0. The summed E-state index contributed by atoms with van der Waals surface area (Å²) in [5.74, 6) is 0.570. The molecule has 0 aromatic carbocycles. The molecule has 0 amide bonds. The summed E-state index contributed by atoms with van der Waals surface area (Å²) >= 11 is 3.37. The summed E-state index contributed by atoms with van der Waals surface area (Å²) in [6, 6.07) is 1.93. The van der Waals surface area contributed by atoms with Gasteiger partial charge in [-0.1, -0.05) is 0 Å². The van der Waals surface area contributed by atoms with Crippen molar-refractivity contribution < 1.29 is 0 Å². The Kier molecular flexibility index (Phi) is 1.38. The zero-order valence-electron chi connectivity index (χ0n) is 5.71. The van der Waals surface area contributed by atoms with E-state index >= 15 is 0 Å². The lowest BCUT2D eigenvalue weighted by molar-refractivity contribution is 0.818. The number of nitrogens with one attached hydrogen (secondary N) is 1. The van der Waals surface area contributed by atoms with E-state index < -0.39 is 0 Å². The van der Waals surface area contributed by atoms with Crippen LogP contribution in [0.5, 0.6) is 0 Å². The minimum atomic E-state index is 0.542. The van der Waals surface area contributed by atoms with Crippen molar-refractivity contribution in [2.75, 3.05) is 12.1 Å². The van der Waals surface area contributed by atoms with Gasteiger partial charge < -0.3 is 11.2 Å². The Bertz CT molecular complexity index is 314. The van der Waals surface area contributed by atoms with E-state index in [1.165, 1.54) is 0 Å². The van der Waals surface area contributed by atoms with Crippen molar-refractivity contribution in [1.82, 2.24) is 4.68 Å². The number of aromatic nitrogens is 1. The van der Waals surface area contributed by atoms with Crippen LogP contribution in [0.25, 0.3) is 0 Å². The summed E-state index contributed by atoms with van der Waals surface area (Å²) in [6.07, 6.45) is 1.90. The Morgan fingerprint density at radius 2 is 2.55 bits per heavy atom. The molecule has 0 bridgehead atoms. The summed E-state index contributed by atoms with van der Waals surface area (Å²) < 4.78 is 2.82. The van der Waals surface area contributed by atoms with Gasteiger partial charge in [0, 0.05) is 10.7 Å². The molecule has 0 radical (unpaired) electrons. The molecule has 3 N–H and O–H groups in total. The van der Waals surface area contributed by atoms with E-state index in [1.807, 2.05) is 16.9 Å². The maximum atomic E-state index is 5.65. The highest BCUT2D eigenvalue weighted by atomic mass is 79.9. The molecule has 1 aliphatic heterocycles. The van der Waals surface area contributed by atoms with Gasteiger partial charge in [0.25, 0.3) is 0 Å². The number of amidine groups is 1. The molecule has 1 aliphatic rings. The standard InChI is InChI=1S/C6H7BrN4/c7-4-1-2-11-5(4)6(8)9-3-10-11/h1-2,10H,3H2,(H2,8,9). The van der Waals surface area contributed by atoms with Crippen molar-refractivity contribution in [2.24, 2.45) is 10.7 Å². The molecule has 0 saturated carbocycles. The fourth-order valence-electron chi connectivity index (χ4n) is 1.06. The maximum Gasteiger partial charge on any atom is 0.147 e. The minimum absolute atomic E-state index is 0.542.